The molecule has 9 nitrogen and oxygen atoms in total. The van der Waals surface area contributed by atoms with Crippen LogP contribution in [0, 0.1) is 5.82 Å². The van der Waals surface area contributed by atoms with Gasteiger partial charge < -0.3 is 25.0 Å². The summed E-state index contributed by atoms with van der Waals surface area (Å²) in [6, 6.07) is 4.16. The molecular formula is C21H27FN4O5. The summed E-state index contributed by atoms with van der Waals surface area (Å²) in [5.41, 5.74) is 0.416. The van der Waals surface area contributed by atoms with E-state index in [0.29, 0.717) is 37.6 Å². The molecule has 0 bridgehead atoms. The predicted molar refractivity (Wildman–Crippen MR) is 112 cm³/mol. The molecule has 2 aliphatic heterocycles. The van der Waals surface area contributed by atoms with Gasteiger partial charge in [-0.05, 0) is 39.0 Å². The van der Waals surface area contributed by atoms with Crippen molar-refractivity contribution in [3.8, 4) is 0 Å². The predicted octanol–water partition coefficient (Wildman–Crippen LogP) is 1.54. The normalized spacial score (nSPS) is 17.2. The molecule has 1 aromatic rings. The SMILES string of the molecule is CC(C)(C)OC(=O)N1CCN(c2ccc(F)cc2NC2=CC(=O)N(CCO)C2=O)CC1. The maximum Gasteiger partial charge on any atom is 0.410 e. The first-order valence-electron chi connectivity index (χ1n) is 10.1. The Hall–Kier alpha value is -3.14. The minimum Gasteiger partial charge on any atom is -0.444 e. The van der Waals surface area contributed by atoms with Gasteiger partial charge >= 0.3 is 6.09 Å². The lowest BCUT2D eigenvalue weighted by Gasteiger charge is -2.37. The minimum atomic E-state index is -0.580. The second-order valence-corrected chi connectivity index (χ2v) is 8.32. The molecule has 10 heteroatoms. The van der Waals surface area contributed by atoms with Crippen molar-refractivity contribution in [2.45, 2.75) is 26.4 Å². The van der Waals surface area contributed by atoms with Gasteiger partial charge in [-0.15, -0.1) is 0 Å². The third-order valence-electron chi connectivity index (χ3n) is 4.83. The maximum absolute atomic E-state index is 13.9. The van der Waals surface area contributed by atoms with Crippen molar-refractivity contribution < 1.29 is 28.6 Å². The molecule has 3 rings (SSSR count). The van der Waals surface area contributed by atoms with E-state index in [9.17, 15) is 18.8 Å². The van der Waals surface area contributed by atoms with E-state index in [1.807, 2.05) is 25.7 Å². The van der Waals surface area contributed by atoms with Crippen LogP contribution in [0.25, 0.3) is 0 Å². The van der Waals surface area contributed by atoms with Gasteiger partial charge in [-0.25, -0.2) is 9.18 Å². The standard InChI is InChI=1S/C21H27FN4O5/c1-21(2,3)31-20(30)25-8-6-24(7-9-25)17-5-4-14(22)12-15(17)23-16-13-18(28)26(10-11-27)19(16)29/h4-5,12-13,23,27H,6-11H2,1-3H3. The lowest BCUT2D eigenvalue weighted by Crippen LogP contribution is -2.50. The molecule has 0 aromatic heterocycles. The number of ether oxygens (including phenoxy) is 1. The zero-order valence-electron chi connectivity index (χ0n) is 17.9. The molecule has 31 heavy (non-hydrogen) atoms. The second-order valence-electron chi connectivity index (χ2n) is 8.32. The van der Waals surface area contributed by atoms with Gasteiger partial charge in [0.25, 0.3) is 11.8 Å². The fourth-order valence-corrected chi connectivity index (χ4v) is 3.40. The number of imide groups is 1. The van der Waals surface area contributed by atoms with Crippen LogP contribution in [-0.2, 0) is 14.3 Å². The summed E-state index contributed by atoms with van der Waals surface area (Å²) < 4.78 is 19.3. The van der Waals surface area contributed by atoms with E-state index in [1.165, 1.54) is 12.1 Å². The van der Waals surface area contributed by atoms with Crippen molar-refractivity contribution in [2.24, 2.45) is 0 Å². The second kappa shape index (κ2) is 8.93. The number of aliphatic hydroxyl groups excluding tert-OH is 1. The number of carbonyl (C=O) groups excluding carboxylic acids is 3. The molecule has 1 saturated heterocycles. The van der Waals surface area contributed by atoms with E-state index >= 15 is 0 Å². The van der Waals surface area contributed by atoms with E-state index in [-0.39, 0.29) is 24.9 Å². The fourth-order valence-electron chi connectivity index (χ4n) is 3.40. The van der Waals surface area contributed by atoms with E-state index < -0.39 is 23.2 Å². The van der Waals surface area contributed by atoms with Gasteiger partial charge in [0, 0.05) is 32.3 Å². The molecule has 0 aliphatic carbocycles. The fraction of sp³-hybridized carbons (Fsp3) is 0.476. The first-order valence-corrected chi connectivity index (χ1v) is 10.1. The first-order chi connectivity index (χ1) is 14.6. The number of carbonyl (C=O) groups is 3. The molecule has 1 fully saturated rings. The number of hydrogen-bond acceptors (Lipinski definition) is 7. The minimum absolute atomic E-state index is 0.0118. The number of β-amino-alcohol motifs (C(OH)–C–C–N with tert-alkyl or cyclic N) is 1. The number of aliphatic hydroxyl groups is 1. The van der Waals surface area contributed by atoms with Crippen molar-refractivity contribution in [2.75, 3.05) is 49.5 Å². The molecule has 2 N–H and O–H groups in total. The quantitative estimate of drug-likeness (QED) is 0.678. The number of rotatable bonds is 5. The summed E-state index contributed by atoms with van der Waals surface area (Å²) in [5, 5.41) is 11.9. The number of anilines is 2. The Balaban J connectivity index is 1.72. The van der Waals surface area contributed by atoms with Crippen LogP contribution >= 0.6 is 0 Å². The molecule has 3 amide bonds. The van der Waals surface area contributed by atoms with Crippen LogP contribution < -0.4 is 10.2 Å². The lowest BCUT2D eigenvalue weighted by molar-refractivity contribution is -0.137. The summed E-state index contributed by atoms with van der Waals surface area (Å²) in [4.78, 5) is 41.2. The molecular weight excluding hydrogens is 407 g/mol. The zero-order valence-corrected chi connectivity index (χ0v) is 17.9. The van der Waals surface area contributed by atoms with Crippen molar-refractivity contribution in [3.05, 3.63) is 35.8 Å². The Kier molecular flexibility index (Phi) is 6.49. The van der Waals surface area contributed by atoms with Gasteiger partial charge in [0.15, 0.2) is 0 Å². The number of piperazine rings is 1. The number of hydrogen-bond donors (Lipinski definition) is 2. The first kappa shape index (κ1) is 22.5. The smallest absolute Gasteiger partial charge is 0.410 e. The topological polar surface area (TPSA) is 102 Å². The van der Waals surface area contributed by atoms with Gasteiger partial charge in [0.2, 0.25) is 0 Å². The third kappa shape index (κ3) is 5.32. The van der Waals surface area contributed by atoms with Crippen LogP contribution in [0.4, 0.5) is 20.6 Å². The van der Waals surface area contributed by atoms with Crippen molar-refractivity contribution in [3.63, 3.8) is 0 Å². The van der Waals surface area contributed by atoms with Crippen LogP contribution in [0.1, 0.15) is 20.8 Å². The monoisotopic (exact) mass is 434 g/mol. The van der Waals surface area contributed by atoms with Gasteiger partial charge in [0.05, 0.1) is 24.5 Å². The summed E-state index contributed by atoms with van der Waals surface area (Å²) in [5.74, 6) is -1.61. The number of benzene rings is 1. The summed E-state index contributed by atoms with van der Waals surface area (Å²) in [6.45, 7) is 6.80. The van der Waals surface area contributed by atoms with Crippen LogP contribution in [0.3, 0.4) is 0 Å². The highest BCUT2D eigenvalue weighted by atomic mass is 19.1. The molecule has 2 heterocycles. The van der Waals surface area contributed by atoms with Gasteiger partial charge in [-0.2, -0.15) is 0 Å². The average Bonchev–Trinajstić information content (AvgIpc) is 2.95. The van der Waals surface area contributed by atoms with Gasteiger partial charge in [-0.1, -0.05) is 0 Å². The molecule has 0 atom stereocenters. The molecule has 0 saturated carbocycles. The van der Waals surface area contributed by atoms with E-state index in [2.05, 4.69) is 5.32 Å². The summed E-state index contributed by atoms with van der Waals surface area (Å²) >= 11 is 0. The molecule has 2 aliphatic rings. The highest BCUT2D eigenvalue weighted by molar-refractivity contribution is 6.17. The Morgan fingerprint density at radius 2 is 1.87 bits per heavy atom. The molecule has 1 aromatic carbocycles. The summed E-state index contributed by atoms with van der Waals surface area (Å²) in [6.07, 6.45) is 0.751. The molecule has 168 valence electrons. The number of amides is 3. The Labute approximate surface area is 180 Å². The highest BCUT2D eigenvalue weighted by Gasteiger charge is 2.32. The lowest BCUT2D eigenvalue weighted by atomic mass is 10.2. The van der Waals surface area contributed by atoms with E-state index in [1.54, 1.807) is 11.0 Å². The highest BCUT2D eigenvalue weighted by Crippen LogP contribution is 2.30. The zero-order chi connectivity index (χ0) is 22.8. The molecule has 0 unspecified atom stereocenters. The Bertz CT molecular complexity index is 904. The molecule has 0 radical (unpaired) electrons. The van der Waals surface area contributed by atoms with Crippen molar-refractivity contribution >= 4 is 29.3 Å². The Morgan fingerprint density at radius 1 is 1.19 bits per heavy atom. The maximum atomic E-state index is 13.9. The number of halogens is 1. The largest absolute Gasteiger partial charge is 0.444 e. The summed E-state index contributed by atoms with van der Waals surface area (Å²) in [7, 11) is 0. The van der Waals surface area contributed by atoms with Crippen LogP contribution in [0.2, 0.25) is 0 Å². The Morgan fingerprint density at radius 3 is 2.48 bits per heavy atom. The van der Waals surface area contributed by atoms with Crippen LogP contribution in [-0.4, -0.2) is 77.7 Å². The molecule has 0 spiro atoms. The van der Waals surface area contributed by atoms with Gasteiger partial charge in [0.1, 0.15) is 17.1 Å². The van der Waals surface area contributed by atoms with E-state index in [4.69, 9.17) is 9.84 Å². The van der Waals surface area contributed by atoms with Crippen molar-refractivity contribution in [1.29, 1.82) is 0 Å². The van der Waals surface area contributed by atoms with Gasteiger partial charge in [-0.3, -0.25) is 14.5 Å². The van der Waals surface area contributed by atoms with Crippen LogP contribution in [0.5, 0.6) is 0 Å². The third-order valence-corrected chi connectivity index (χ3v) is 4.83. The van der Waals surface area contributed by atoms with E-state index in [0.717, 1.165) is 11.0 Å². The van der Waals surface area contributed by atoms with Crippen molar-refractivity contribution in [1.82, 2.24) is 9.80 Å². The number of nitrogens with one attached hydrogen (secondary N) is 1. The number of nitrogens with zero attached hydrogens (tertiary/aromatic N) is 3. The average molecular weight is 434 g/mol. The van der Waals surface area contributed by atoms with Crippen LogP contribution in [0.15, 0.2) is 30.0 Å².